The van der Waals surface area contributed by atoms with Gasteiger partial charge in [0.15, 0.2) is 0 Å². The van der Waals surface area contributed by atoms with Crippen molar-refractivity contribution in [1.29, 1.82) is 0 Å². The van der Waals surface area contributed by atoms with Gasteiger partial charge < -0.3 is 15.7 Å². The predicted molar refractivity (Wildman–Crippen MR) is 94.5 cm³/mol. The molecule has 2 aromatic rings. The largest absolute Gasteiger partial charge is 0.387 e. The number of benzene rings is 2. The van der Waals surface area contributed by atoms with Crippen LogP contribution in [0, 0.1) is 10.1 Å². The standard InChI is InChI=1S/C18H19N3O5/c22-16(13-6-8-15(9-7-13)21(25)26)12-20-17(23)10-11-19-18(24)14-4-2-1-3-5-14/h1-9,16,22H,10-12H2,(H,19,24)(H,20,23). The Bertz CT molecular complexity index is 762. The van der Waals surface area contributed by atoms with Crippen molar-refractivity contribution in [2.75, 3.05) is 13.1 Å². The van der Waals surface area contributed by atoms with E-state index in [2.05, 4.69) is 10.6 Å². The van der Waals surface area contributed by atoms with Gasteiger partial charge in [-0.1, -0.05) is 18.2 Å². The molecule has 0 fully saturated rings. The lowest BCUT2D eigenvalue weighted by molar-refractivity contribution is -0.384. The number of amides is 2. The first kappa shape index (κ1) is 19.1. The lowest BCUT2D eigenvalue weighted by Crippen LogP contribution is -2.32. The number of nitro groups is 1. The summed E-state index contributed by atoms with van der Waals surface area (Å²) in [5.41, 5.74) is 0.911. The Morgan fingerprint density at radius 3 is 2.31 bits per heavy atom. The smallest absolute Gasteiger partial charge is 0.269 e. The van der Waals surface area contributed by atoms with Crippen LogP contribution in [0.5, 0.6) is 0 Å². The van der Waals surface area contributed by atoms with Crippen LogP contribution in [0.4, 0.5) is 5.69 Å². The first-order valence-corrected chi connectivity index (χ1v) is 7.99. The van der Waals surface area contributed by atoms with E-state index in [9.17, 15) is 24.8 Å². The van der Waals surface area contributed by atoms with Crippen molar-refractivity contribution in [2.24, 2.45) is 0 Å². The van der Waals surface area contributed by atoms with Crippen molar-refractivity contribution in [1.82, 2.24) is 10.6 Å². The second-order valence-corrected chi connectivity index (χ2v) is 5.54. The third-order valence-corrected chi connectivity index (χ3v) is 3.65. The van der Waals surface area contributed by atoms with Crippen LogP contribution in [0.3, 0.4) is 0 Å². The number of aliphatic hydroxyl groups is 1. The van der Waals surface area contributed by atoms with Gasteiger partial charge in [0, 0.05) is 37.2 Å². The number of hydrogen-bond donors (Lipinski definition) is 3. The fourth-order valence-corrected chi connectivity index (χ4v) is 2.22. The fraction of sp³-hybridized carbons (Fsp3) is 0.222. The highest BCUT2D eigenvalue weighted by Crippen LogP contribution is 2.17. The van der Waals surface area contributed by atoms with Crippen LogP contribution in [0.1, 0.15) is 28.4 Å². The third kappa shape index (κ3) is 5.67. The number of non-ortho nitro benzene ring substituents is 1. The Morgan fingerprint density at radius 2 is 1.69 bits per heavy atom. The van der Waals surface area contributed by atoms with E-state index in [1.807, 2.05) is 0 Å². The zero-order valence-electron chi connectivity index (χ0n) is 13.9. The summed E-state index contributed by atoms with van der Waals surface area (Å²) in [4.78, 5) is 33.7. The molecule has 2 rings (SSSR count). The highest BCUT2D eigenvalue weighted by Gasteiger charge is 2.12. The molecule has 8 heteroatoms. The first-order chi connectivity index (χ1) is 12.5. The van der Waals surface area contributed by atoms with E-state index in [1.54, 1.807) is 30.3 Å². The molecule has 0 aliphatic carbocycles. The van der Waals surface area contributed by atoms with Crippen LogP contribution in [0.2, 0.25) is 0 Å². The minimum absolute atomic E-state index is 0.0245. The van der Waals surface area contributed by atoms with Crippen LogP contribution in [0.25, 0.3) is 0 Å². The number of hydrogen-bond acceptors (Lipinski definition) is 5. The summed E-state index contributed by atoms with van der Waals surface area (Å²) in [6.07, 6.45) is -0.899. The third-order valence-electron chi connectivity index (χ3n) is 3.65. The lowest BCUT2D eigenvalue weighted by Gasteiger charge is -2.12. The van der Waals surface area contributed by atoms with E-state index in [0.717, 1.165) is 0 Å². The van der Waals surface area contributed by atoms with Gasteiger partial charge in [0.2, 0.25) is 5.91 Å². The van der Waals surface area contributed by atoms with Gasteiger partial charge in [-0.15, -0.1) is 0 Å². The molecule has 0 spiro atoms. The summed E-state index contributed by atoms with van der Waals surface area (Å²) in [5.74, 6) is -0.580. The van der Waals surface area contributed by atoms with Gasteiger partial charge in [-0.2, -0.15) is 0 Å². The maximum Gasteiger partial charge on any atom is 0.269 e. The van der Waals surface area contributed by atoms with Gasteiger partial charge in [0.1, 0.15) is 0 Å². The van der Waals surface area contributed by atoms with Gasteiger partial charge in [-0.05, 0) is 29.8 Å². The van der Waals surface area contributed by atoms with Crippen LogP contribution < -0.4 is 10.6 Å². The quantitative estimate of drug-likeness (QED) is 0.489. The molecule has 0 radical (unpaired) electrons. The molecule has 3 N–H and O–H groups in total. The molecule has 1 unspecified atom stereocenters. The Kier molecular flexibility index (Phi) is 6.81. The number of aliphatic hydroxyl groups excluding tert-OH is 1. The highest BCUT2D eigenvalue weighted by atomic mass is 16.6. The lowest BCUT2D eigenvalue weighted by atomic mass is 10.1. The molecular formula is C18H19N3O5. The molecule has 8 nitrogen and oxygen atoms in total. The number of carbonyl (C=O) groups is 2. The van der Waals surface area contributed by atoms with Crippen molar-refractivity contribution in [3.63, 3.8) is 0 Å². The van der Waals surface area contributed by atoms with E-state index < -0.39 is 11.0 Å². The van der Waals surface area contributed by atoms with E-state index in [-0.39, 0.29) is 37.0 Å². The molecular weight excluding hydrogens is 338 g/mol. The Labute approximate surface area is 150 Å². The van der Waals surface area contributed by atoms with Crippen molar-refractivity contribution >= 4 is 17.5 Å². The Balaban J connectivity index is 1.71. The topological polar surface area (TPSA) is 122 Å². The molecule has 0 saturated carbocycles. The highest BCUT2D eigenvalue weighted by molar-refractivity contribution is 5.94. The summed E-state index contributed by atoms with van der Waals surface area (Å²) in [5, 5.41) is 25.8. The summed E-state index contributed by atoms with van der Waals surface area (Å²) in [6, 6.07) is 14.1. The van der Waals surface area contributed by atoms with Crippen LogP contribution in [-0.2, 0) is 4.79 Å². The predicted octanol–water partition coefficient (Wildman–Crippen LogP) is 1.56. The average Bonchev–Trinajstić information content (AvgIpc) is 2.66. The SMILES string of the molecule is O=C(CCNC(=O)c1ccccc1)NCC(O)c1ccc([N+](=O)[O-])cc1. The summed E-state index contributed by atoms with van der Waals surface area (Å²) < 4.78 is 0. The van der Waals surface area contributed by atoms with E-state index in [0.29, 0.717) is 11.1 Å². The average molecular weight is 357 g/mol. The molecule has 0 saturated heterocycles. The van der Waals surface area contributed by atoms with Crippen LogP contribution in [0.15, 0.2) is 54.6 Å². The maximum absolute atomic E-state index is 11.8. The van der Waals surface area contributed by atoms with Gasteiger partial charge >= 0.3 is 0 Å². The molecule has 2 amide bonds. The fourth-order valence-electron chi connectivity index (χ4n) is 2.22. The number of nitro benzene ring substituents is 1. The Hall–Kier alpha value is -3.26. The van der Waals surface area contributed by atoms with E-state index >= 15 is 0 Å². The molecule has 0 heterocycles. The van der Waals surface area contributed by atoms with E-state index in [4.69, 9.17) is 0 Å². The molecule has 136 valence electrons. The summed E-state index contributed by atoms with van der Waals surface area (Å²) >= 11 is 0. The van der Waals surface area contributed by atoms with Gasteiger partial charge in [-0.25, -0.2) is 0 Å². The maximum atomic E-state index is 11.8. The molecule has 2 aromatic carbocycles. The van der Waals surface area contributed by atoms with E-state index in [1.165, 1.54) is 24.3 Å². The molecule has 0 bridgehead atoms. The first-order valence-electron chi connectivity index (χ1n) is 7.99. The van der Waals surface area contributed by atoms with Crippen molar-refractivity contribution in [2.45, 2.75) is 12.5 Å². The minimum Gasteiger partial charge on any atom is -0.387 e. The number of carbonyl (C=O) groups excluding carboxylic acids is 2. The van der Waals surface area contributed by atoms with Gasteiger partial charge in [0.05, 0.1) is 11.0 Å². The second-order valence-electron chi connectivity index (χ2n) is 5.54. The van der Waals surface area contributed by atoms with Crippen LogP contribution >= 0.6 is 0 Å². The number of nitrogens with zero attached hydrogens (tertiary/aromatic N) is 1. The summed E-state index contributed by atoms with van der Waals surface area (Å²) in [6.45, 7) is 0.149. The molecule has 26 heavy (non-hydrogen) atoms. The normalized spacial score (nSPS) is 11.4. The number of nitrogens with one attached hydrogen (secondary N) is 2. The molecule has 1 atom stereocenters. The molecule has 0 aliphatic rings. The van der Waals surface area contributed by atoms with Crippen molar-refractivity contribution in [3.8, 4) is 0 Å². The van der Waals surface area contributed by atoms with Gasteiger partial charge in [-0.3, -0.25) is 19.7 Å². The van der Waals surface area contributed by atoms with Crippen molar-refractivity contribution in [3.05, 3.63) is 75.8 Å². The second kappa shape index (κ2) is 9.28. The van der Waals surface area contributed by atoms with Crippen molar-refractivity contribution < 1.29 is 19.6 Å². The number of rotatable bonds is 8. The monoisotopic (exact) mass is 357 g/mol. The minimum atomic E-state index is -0.973. The molecule has 0 aromatic heterocycles. The Morgan fingerprint density at radius 1 is 1.04 bits per heavy atom. The zero-order chi connectivity index (χ0) is 18.9. The molecule has 0 aliphatic heterocycles. The van der Waals surface area contributed by atoms with Gasteiger partial charge in [0.25, 0.3) is 11.6 Å². The van der Waals surface area contributed by atoms with Crippen LogP contribution in [-0.4, -0.2) is 34.9 Å². The zero-order valence-corrected chi connectivity index (χ0v) is 13.9. The summed E-state index contributed by atoms with van der Waals surface area (Å²) in [7, 11) is 0.